The summed E-state index contributed by atoms with van der Waals surface area (Å²) in [5.41, 5.74) is 0. The molecule has 2 unspecified atom stereocenters. The Morgan fingerprint density at radius 2 is 2.42 bits per heavy atom. The van der Waals surface area contributed by atoms with Crippen molar-refractivity contribution in [2.45, 2.75) is 38.6 Å². The third-order valence-electron chi connectivity index (χ3n) is 2.56. The summed E-state index contributed by atoms with van der Waals surface area (Å²) in [7, 11) is 0. The van der Waals surface area contributed by atoms with Crippen LogP contribution in [0.3, 0.4) is 0 Å². The third-order valence-corrected chi connectivity index (χ3v) is 2.56. The predicted molar refractivity (Wildman–Crippen MR) is 47.1 cm³/mol. The molecule has 0 bridgehead atoms. The van der Waals surface area contributed by atoms with E-state index in [4.69, 9.17) is 5.11 Å². The van der Waals surface area contributed by atoms with Crippen molar-refractivity contribution < 1.29 is 9.90 Å². The van der Waals surface area contributed by atoms with Gasteiger partial charge in [-0.05, 0) is 31.7 Å². The molecule has 0 aromatic heterocycles. The van der Waals surface area contributed by atoms with Gasteiger partial charge in [-0.1, -0.05) is 6.92 Å². The SMILES string of the molecule is CCC1CC(CC(=O)O)CCN1. The molecule has 0 radical (unpaired) electrons. The summed E-state index contributed by atoms with van der Waals surface area (Å²) in [6, 6.07) is 0.545. The summed E-state index contributed by atoms with van der Waals surface area (Å²) >= 11 is 0. The van der Waals surface area contributed by atoms with Crippen LogP contribution >= 0.6 is 0 Å². The lowest BCUT2D eigenvalue weighted by atomic mass is 9.89. The fourth-order valence-corrected chi connectivity index (χ4v) is 1.84. The van der Waals surface area contributed by atoms with Crippen LogP contribution in [-0.2, 0) is 4.79 Å². The molecule has 1 rings (SSSR count). The second-order valence-electron chi connectivity index (χ2n) is 3.55. The molecule has 0 saturated carbocycles. The second-order valence-corrected chi connectivity index (χ2v) is 3.55. The van der Waals surface area contributed by atoms with E-state index in [1.165, 1.54) is 0 Å². The summed E-state index contributed by atoms with van der Waals surface area (Å²) in [4.78, 5) is 10.4. The van der Waals surface area contributed by atoms with Gasteiger partial charge in [0, 0.05) is 12.5 Å². The predicted octanol–water partition coefficient (Wildman–Crippen LogP) is 1.24. The highest BCUT2D eigenvalue weighted by Crippen LogP contribution is 2.20. The van der Waals surface area contributed by atoms with Crippen molar-refractivity contribution in [1.82, 2.24) is 5.32 Å². The molecule has 0 aliphatic carbocycles. The van der Waals surface area contributed by atoms with Gasteiger partial charge in [-0.15, -0.1) is 0 Å². The van der Waals surface area contributed by atoms with Crippen LogP contribution in [0, 0.1) is 5.92 Å². The highest BCUT2D eigenvalue weighted by atomic mass is 16.4. The molecule has 1 aliphatic rings. The number of hydrogen-bond acceptors (Lipinski definition) is 2. The van der Waals surface area contributed by atoms with Gasteiger partial charge >= 0.3 is 5.97 Å². The largest absolute Gasteiger partial charge is 0.481 e. The standard InChI is InChI=1S/C9H17NO2/c1-2-8-5-7(3-4-10-8)6-9(11)12/h7-8,10H,2-6H2,1H3,(H,11,12). The van der Waals surface area contributed by atoms with Crippen molar-refractivity contribution in [3.8, 4) is 0 Å². The Balaban J connectivity index is 2.30. The number of carboxylic acids is 1. The molecule has 0 aromatic rings. The average molecular weight is 171 g/mol. The van der Waals surface area contributed by atoms with E-state index >= 15 is 0 Å². The fraction of sp³-hybridized carbons (Fsp3) is 0.889. The maximum atomic E-state index is 10.4. The Hall–Kier alpha value is -0.570. The van der Waals surface area contributed by atoms with E-state index in [-0.39, 0.29) is 0 Å². The Labute approximate surface area is 73.2 Å². The van der Waals surface area contributed by atoms with E-state index in [0.29, 0.717) is 18.4 Å². The zero-order valence-electron chi connectivity index (χ0n) is 7.55. The molecule has 1 aliphatic heterocycles. The molecule has 70 valence electrons. The van der Waals surface area contributed by atoms with E-state index in [0.717, 1.165) is 25.8 Å². The number of hydrogen-bond donors (Lipinski definition) is 2. The molecule has 1 saturated heterocycles. The van der Waals surface area contributed by atoms with Crippen LogP contribution in [-0.4, -0.2) is 23.7 Å². The molecule has 0 spiro atoms. The number of aliphatic carboxylic acids is 1. The van der Waals surface area contributed by atoms with Crippen molar-refractivity contribution in [2.24, 2.45) is 5.92 Å². The van der Waals surface area contributed by atoms with E-state index in [2.05, 4.69) is 12.2 Å². The fourth-order valence-electron chi connectivity index (χ4n) is 1.84. The lowest BCUT2D eigenvalue weighted by Crippen LogP contribution is -2.38. The van der Waals surface area contributed by atoms with Gasteiger partial charge in [0.1, 0.15) is 0 Å². The van der Waals surface area contributed by atoms with E-state index in [9.17, 15) is 4.79 Å². The van der Waals surface area contributed by atoms with Crippen LogP contribution in [0.2, 0.25) is 0 Å². The van der Waals surface area contributed by atoms with Crippen LogP contribution < -0.4 is 5.32 Å². The number of carboxylic acid groups (broad SMARTS) is 1. The lowest BCUT2D eigenvalue weighted by molar-refractivity contribution is -0.138. The van der Waals surface area contributed by atoms with Crippen molar-refractivity contribution >= 4 is 5.97 Å². The van der Waals surface area contributed by atoms with Gasteiger partial charge < -0.3 is 10.4 Å². The van der Waals surface area contributed by atoms with Gasteiger partial charge in [0.25, 0.3) is 0 Å². The van der Waals surface area contributed by atoms with Gasteiger partial charge in [-0.25, -0.2) is 0 Å². The lowest BCUT2D eigenvalue weighted by Gasteiger charge is -2.28. The summed E-state index contributed by atoms with van der Waals surface area (Å²) < 4.78 is 0. The van der Waals surface area contributed by atoms with Gasteiger partial charge in [-0.2, -0.15) is 0 Å². The number of carbonyl (C=O) groups is 1. The smallest absolute Gasteiger partial charge is 0.303 e. The molecule has 1 fully saturated rings. The molecule has 0 amide bonds. The van der Waals surface area contributed by atoms with Crippen LogP contribution in [0.4, 0.5) is 0 Å². The Morgan fingerprint density at radius 3 is 3.00 bits per heavy atom. The Kier molecular flexibility index (Phi) is 3.53. The van der Waals surface area contributed by atoms with Gasteiger partial charge in [0.15, 0.2) is 0 Å². The minimum Gasteiger partial charge on any atom is -0.481 e. The van der Waals surface area contributed by atoms with Crippen molar-refractivity contribution in [3.05, 3.63) is 0 Å². The zero-order valence-corrected chi connectivity index (χ0v) is 7.55. The van der Waals surface area contributed by atoms with Gasteiger partial charge in [0.05, 0.1) is 0 Å². The van der Waals surface area contributed by atoms with Crippen LogP contribution in [0.15, 0.2) is 0 Å². The first-order valence-electron chi connectivity index (χ1n) is 4.67. The first kappa shape index (κ1) is 9.52. The molecule has 3 heteroatoms. The Bertz CT molecular complexity index is 159. The summed E-state index contributed by atoms with van der Waals surface area (Å²) in [5.74, 6) is -0.259. The van der Waals surface area contributed by atoms with Gasteiger partial charge in [0.2, 0.25) is 0 Å². The zero-order chi connectivity index (χ0) is 8.97. The highest BCUT2D eigenvalue weighted by Gasteiger charge is 2.21. The second kappa shape index (κ2) is 4.45. The van der Waals surface area contributed by atoms with E-state index < -0.39 is 5.97 Å². The molecular weight excluding hydrogens is 154 g/mol. The Morgan fingerprint density at radius 1 is 1.67 bits per heavy atom. The van der Waals surface area contributed by atoms with Crippen molar-refractivity contribution in [3.63, 3.8) is 0 Å². The third kappa shape index (κ3) is 2.81. The van der Waals surface area contributed by atoms with Crippen LogP contribution in [0.1, 0.15) is 32.6 Å². The minimum absolute atomic E-state index is 0.345. The first-order chi connectivity index (χ1) is 5.72. The van der Waals surface area contributed by atoms with Crippen molar-refractivity contribution in [1.29, 1.82) is 0 Å². The van der Waals surface area contributed by atoms with Crippen molar-refractivity contribution in [2.75, 3.05) is 6.54 Å². The van der Waals surface area contributed by atoms with Gasteiger partial charge in [-0.3, -0.25) is 4.79 Å². The average Bonchev–Trinajstić information content (AvgIpc) is 2.03. The summed E-state index contributed by atoms with van der Waals surface area (Å²) in [6.07, 6.45) is 3.50. The minimum atomic E-state index is -0.656. The van der Waals surface area contributed by atoms with E-state index in [1.54, 1.807) is 0 Å². The first-order valence-corrected chi connectivity index (χ1v) is 4.67. The monoisotopic (exact) mass is 171 g/mol. The maximum Gasteiger partial charge on any atom is 0.303 e. The van der Waals surface area contributed by atoms with Crippen LogP contribution in [0.5, 0.6) is 0 Å². The molecule has 3 nitrogen and oxygen atoms in total. The van der Waals surface area contributed by atoms with Crippen LogP contribution in [0.25, 0.3) is 0 Å². The number of piperidine rings is 1. The normalized spacial score (nSPS) is 30.1. The highest BCUT2D eigenvalue weighted by molar-refractivity contribution is 5.67. The molecular formula is C9H17NO2. The molecule has 12 heavy (non-hydrogen) atoms. The summed E-state index contributed by atoms with van der Waals surface area (Å²) in [5, 5.41) is 12.0. The number of rotatable bonds is 3. The summed E-state index contributed by atoms with van der Waals surface area (Å²) in [6.45, 7) is 3.12. The molecule has 0 aromatic carbocycles. The quantitative estimate of drug-likeness (QED) is 0.671. The topological polar surface area (TPSA) is 49.3 Å². The number of nitrogens with one attached hydrogen (secondary N) is 1. The molecule has 2 atom stereocenters. The maximum absolute atomic E-state index is 10.4. The molecule has 1 heterocycles. The molecule has 2 N–H and O–H groups in total. The van der Waals surface area contributed by atoms with E-state index in [1.807, 2.05) is 0 Å².